The van der Waals surface area contributed by atoms with Crippen molar-refractivity contribution in [2.75, 3.05) is 31.1 Å². The van der Waals surface area contributed by atoms with Gasteiger partial charge in [-0.25, -0.2) is 4.99 Å². The Bertz CT molecular complexity index is 873. The summed E-state index contributed by atoms with van der Waals surface area (Å²) in [4.78, 5) is 34.2. The minimum absolute atomic E-state index is 0. The zero-order chi connectivity index (χ0) is 21.2. The van der Waals surface area contributed by atoms with Crippen LogP contribution >= 0.6 is 24.0 Å². The number of aliphatic imine (C=N–C) groups is 1. The maximum Gasteiger partial charge on any atom is 0.252 e. The SMILES string of the molecule is CCNC(=NCc1ccc(N2CCCC2=O)cc1)NCCNC(=O)c1cccnc1.I. The van der Waals surface area contributed by atoms with E-state index in [0.29, 0.717) is 37.6 Å². The normalized spacial score (nSPS) is 13.5. The van der Waals surface area contributed by atoms with E-state index in [1.807, 2.05) is 36.1 Å². The summed E-state index contributed by atoms with van der Waals surface area (Å²) in [5.74, 6) is 0.727. The van der Waals surface area contributed by atoms with Gasteiger partial charge < -0.3 is 20.9 Å². The van der Waals surface area contributed by atoms with Gasteiger partial charge in [-0.1, -0.05) is 12.1 Å². The first-order chi connectivity index (χ1) is 14.7. The molecule has 0 bridgehead atoms. The van der Waals surface area contributed by atoms with Crippen molar-refractivity contribution in [3.05, 3.63) is 59.9 Å². The first-order valence-electron chi connectivity index (χ1n) is 10.3. The van der Waals surface area contributed by atoms with Crippen LogP contribution in [0.25, 0.3) is 0 Å². The largest absolute Gasteiger partial charge is 0.357 e. The number of benzene rings is 1. The Hall–Kier alpha value is -2.69. The summed E-state index contributed by atoms with van der Waals surface area (Å²) in [5.41, 5.74) is 2.55. The van der Waals surface area contributed by atoms with Gasteiger partial charge in [-0.2, -0.15) is 0 Å². The van der Waals surface area contributed by atoms with E-state index in [9.17, 15) is 9.59 Å². The molecule has 2 aromatic rings. The summed E-state index contributed by atoms with van der Waals surface area (Å²) in [7, 11) is 0. The maximum atomic E-state index is 12.0. The van der Waals surface area contributed by atoms with Crippen molar-refractivity contribution in [2.45, 2.75) is 26.3 Å². The Labute approximate surface area is 199 Å². The molecular formula is C22H29IN6O2. The van der Waals surface area contributed by atoms with Crippen LogP contribution in [0.3, 0.4) is 0 Å². The number of carbonyl (C=O) groups is 2. The van der Waals surface area contributed by atoms with Crippen LogP contribution in [0.5, 0.6) is 0 Å². The summed E-state index contributed by atoms with van der Waals surface area (Å²) < 4.78 is 0. The molecule has 1 fully saturated rings. The molecule has 1 aliphatic rings. The van der Waals surface area contributed by atoms with Gasteiger partial charge >= 0.3 is 0 Å². The van der Waals surface area contributed by atoms with E-state index in [1.165, 1.54) is 0 Å². The summed E-state index contributed by atoms with van der Waals surface area (Å²) in [6, 6.07) is 11.4. The molecule has 8 nitrogen and oxygen atoms in total. The average Bonchev–Trinajstić information content (AvgIpc) is 3.21. The minimum atomic E-state index is -0.150. The number of rotatable bonds is 8. The average molecular weight is 536 g/mol. The van der Waals surface area contributed by atoms with Gasteiger partial charge in [0, 0.05) is 50.7 Å². The molecule has 2 heterocycles. The van der Waals surface area contributed by atoms with Crippen LogP contribution in [0.1, 0.15) is 35.7 Å². The van der Waals surface area contributed by atoms with Gasteiger partial charge in [-0.15, -0.1) is 24.0 Å². The third-order valence-corrected chi connectivity index (χ3v) is 4.71. The first kappa shape index (κ1) is 24.6. The van der Waals surface area contributed by atoms with Gasteiger partial charge in [0.05, 0.1) is 12.1 Å². The lowest BCUT2D eigenvalue weighted by atomic mass is 10.2. The summed E-state index contributed by atoms with van der Waals surface area (Å²) in [6.07, 6.45) is 4.73. The zero-order valence-electron chi connectivity index (χ0n) is 17.6. The lowest BCUT2D eigenvalue weighted by molar-refractivity contribution is -0.117. The fourth-order valence-electron chi connectivity index (χ4n) is 3.17. The third-order valence-electron chi connectivity index (χ3n) is 4.71. The summed E-state index contributed by atoms with van der Waals surface area (Å²) in [6.45, 7) is 5.07. The number of pyridine rings is 1. The third kappa shape index (κ3) is 7.50. The van der Waals surface area contributed by atoms with Crippen molar-refractivity contribution >= 4 is 47.4 Å². The van der Waals surface area contributed by atoms with Crippen molar-refractivity contribution in [1.29, 1.82) is 0 Å². The van der Waals surface area contributed by atoms with Crippen LogP contribution in [0.15, 0.2) is 53.8 Å². The van der Waals surface area contributed by atoms with Crippen molar-refractivity contribution in [3.63, 3.8) is 0 Å². The summed E-state index contributed by atoms with van der Waals surface area (Å²) in [5, 5.41) is 9.26. The van der Waals surface area contributed by atoms with Crippen LogP contribution in [0.2, 0.25) is 0 Å². The van der Waals surface area contributed by atoms with E-state index in [-0.39, 0.29) is 35.8 Å². The lowest BCUT2D eigenvalue weighted by Gasteiger charge is -2.16. The molecule has 9 heteroatoms. The number of guanidine groups is 1. The predicted octanol–water partition coefficient (Wildman–Crippen LogP) is 2.31. The van der Waals surface area contributed by atoms with Gasteiger partial charge in [0.1, 0.15) is 0 Å². The molecule has 166 valence electrons. The number of nitrogens with one attached hydrogen (secondary N) is 3. The van der Waals surface area contributed by atoms with Crippen molar-refractivity contribution in [3.8, 4) is 0 Å². The van der Waals surface area contributed by atoms with Crippen LogP contribution in [0, 0.1) is 0 Å². The van der Waals surface area contributed by atoms with Crippen molar-refractivity contribution in [1.82, 2.24) is 20.9 Å². The Morgan fingerprint density at radius 1 is 1.13 bits per heavy atom. The number of halogens is 1. The van der Waals surface area contributed by atoms with E-state index in [0.717, 1.165) is 30.8 Å². The van der Waals surface area contributed by atoms with Crippen LogP contribution in [-0.4, -0.2) is 48.9 Å². The van der Waals surface area contributed by atoms with E-state index < -0.39 is 0 Å². The smallest absolute Gasteiger partial charge is 0.252 e. The van der Waals surface area contributed by atoms with Gasteiger partial charge in [-0.3, -0.25) is 14.6 Å². The van der Waals surface area contributed by atoms with Gasteiger partial charge in [0.25, 0.3) is 5.91 Å². The number of aromatic nitrogens is 1. The molecule has 31 heavy (non-hydrogen) atoms. The number of carbonyl (C=O) groups excluding carboxylic acids is 2. The van der Waals surface area contributed by atoms with Crippen molar-refractivity contribution < 1.29 is 9.59 Å². The number of hydrogen-bond acceptors (Lipinski definition) is 4. The standard InChI is InChI=1S/C22H28N6O2.HI/c1-2-24-22(26-13-12-25-21(30)18-5-3-11-23-16-18)27-15-17-7-9-19(10-8-17)28-14-4-6-20(28)29;/h3,5,7-11,16H,2,4,6,12-15H2,1H3,(H,25,30)(H2,24,26,27);1H. The quantitative estimate of drug-likeness (QED) is 0.208. The van der Waals surface area contributed by atoms with Gasteiger partial charge in [0.2, 0.25) is 5.91 Å². The highest BCUT2D eigenvalue weighted by Crippen LogP contribution is 2.21. The molecule has 0 atom stereocenters. The maximum absolute atomic E-state index is 12.0. The molecule has 1 aliphatic heterocycles. The first-order valence-corrected chi connectivity index (χ1v) is 10.3. The molecular weight excluding hydrogens is 507 g/mol. The highest BCUT2D eigenvalue weighted by molar-refractivity contribution is 14.0. The molecule has 0 unspecified atom stereocenters. The number of anilines is 1. The highest BCUT2D eigenvalue weighted by atomic mass is 127. The van der Waals surface area contributed by atoms with E-state index in [4.69, 9.17) is 0 Å². The Morgan fingerprint density at radius 2 is 1.90 bits per heavy atom. The molecule has 3 rings (SSSR count). The number of nitrogens with zero attached hydrogens (tertiary/aromatic N) is 3. The van der Waals surface area contributed by atoms with Crippen LogP contribution in [0.4, 0.5) is 5.69 Å². The second kappa shape index (κ2) is 12.9. The lowest BCUT2D eigenvalue weighted by Crippen LogP contribution is -2.41. The van der Waals surface area contributed by atoms with E-state index in [1.54, 1.807) is 24.5 Å². The molecule has 1 saturated heterocycles. The van der Waals surface area contributed by atoms with Gasteiger partial charge in [0.15, 0.2) is 5.96 Å². The molecule has 1 aromatic carbocycles. The fourth-order valence-corrected chi connectivity index (χ4v) is 3.17. The highest BCUT2D eigenvalue weighted by Gasteiger charge is 2.21. The minimum Gasteiger partial charge on any atom is -0.357 e. The monoisotopic (exact) mass is 536 g/mol. The molecule has 0 spiro atoms. The Balaban J connectivity index is 0.00000341. The zero-order valence-corrected chi connectivity index (χ0v) is 20.0. The second-order valence-electron chi connectivity index (χ2n) is 6.93. The Morgan fingerprint density at radius 3 is 2.55 bits per heavy atom. The topological polar surface area (TPSA) is 98.7 Å². The number of amides is 2. The fraction of sp³-hybridized carbons (Fsp3) is 0.364. The second-order valence-corrected chi connectivity index (χ2v) is 6.93. The molecule has 3 N–H and O–H groups in total. The molecule has 0 aliphatic carbocycles. The van der Waals surface area contributed by atoms with Crippen LogP contribution in [-0.2, 0) is 11.3 Å². The Kier molecular flexibility index (Phi) is 10.2. The van der Waals surface area contributed by atoms with E-state index in [2.05, 4.69) is 25.9 Å². The van der Waals surface area contributed by atoms with Gasteiger partial charge in [-0.05, 0) is 43.2 Å². The predicted molar refractivity (Wildman–Crippen MR) is 133 cm³/mol. The number of hydrogen-bond donors (Lipinski definition) is 3. The van der Waals surface area contributed by atoms with E-state index >= 15 is 0 Å². The molecule has 2 amide bonds. The van der Waals surface area contributed by atoms with Crippen LogP contribution < -0.4 is 20.9 Å². The summed E-state index contributed by atoms with van der Waals surface area (Å²) >= 11 is 0. The molecule has 0 radical (unpaired) electrons. The molecule has 0 saturated carbocycles. The van der Waals surface area contributed by atoms with Crippen molar-refractivity contribution in [2.24, 2.45) is 4.99 Å². The molecule has 1 aromatic heterocycles.